The summed E-state index contributed by atoms with van der Waals surface area (Å²) in [5.74, 6) is 0.313. The molecule has 6 heteroatoms. The normalized spacial score (nSPS) is 31.4. The van der Waals surface area contributed by atoms with Gasteiger partial charge in [0.1, 0.15) is 6.04 Å². The molecule has 2 bridgehead atoms. The van der Waals surface area contributed by atoms with E-state index in [9.17, 15) is 20.2 Å². The maximum atomic E-state index is 13.2. The Bertz CT molecular complexity index is 1040. The lowest BCUT2D eigenvalue weighted by Crippen LogP contribution is -2.36. The van der Waals surface area contributed by atoms with Crippen LogP contribution in [0.4, 0.5) is 11.4 Å². The molecule has 0 N–H and O–H groups in total. The maximum Gasteiger partial charge on any atom is 0.277 e. The molecule has 1 aliphatic heterocycles. The van der Waals surface area contributed by atoms with Crippen LogP contribution in [-0.4, -0.2) is 16.9 Å². The van der Waals surface area contributed by atoms with Crippen molar-refractivity contribution in [2.24, 2.45) is 23.7 Å². The smallest absolute Gasteiger partial charge is 0.277 e. The number of carbonyl (C=O) groups is 1. The largest absolute Gasteiger partial charge is 0.295 e. The predicted molar refractivity (Wildman–Crippen MR) is 95.2 cm³/mol. The van der Waals surface area contributed by atoms with Crippen molar-refractivity contribution in [2.45, 2.75) is 12.5 Å². The number of nitriles is 1. The van der Waals surface area contributed by atoms with Crippen molar-refractivity contribution in [1.82, 2.24) is 0 Å². The Balaban J connectivity index is 1.69. The fourth-order valence-electron chi connectivity index (χ4n) is 5.16. The number of fused-ring (bicyclic) bond motifs is 6. The summed E-state index contributed by atoms with van der Waals surface area (Å²) in [4.78, 5) is 25.7. The minimum Gasteiger partial charge on any atom is -0.295 e. The summed E-state index contributed by atoms with van der Waals surface area (Å²) in [6, 6.07) is 11.8. The minimum absolute atomic E-state index is 0.00596. The first-order valence-corrected chi connectivity index (χ1v) is 8.69. The van der Waals surface area contributed by atoms with E-state index in [4.69, 9.17) is 0 Å². The van der Waals surface area contributed by atoms with Crippen LogP contribution in [0.1, 0.15) is 6.42 Å². The van der Waals surface area contributed by atoms with Gasteiger partial charge in [-0.2, -0.15) is 5.26 Å². The fraction of sp³-hybridized carbons (Fsp3) is 0.300. The average molecular weight is 345 g/mol. The van der Waals surface area contributed by atoms with Crippen molar-refractivity contribution in [3.8, 4) is 6.07 Å². The lowest BCUT2D eigenvalue weighted by atomic mass is 9.82. The van der Waals surface area contributed by atoms with Crippen LogP contribution >= 0.6 is 0 Å². The molecule has 5 atom stereocenters. The number of rotatable bonds is 2. The van der Waals surface area contributed by atoms with Crippen molar-refractivity contribution in [3.05, 3.63) is 58.7 Å². The molecule has 1 saturated carbocycles. The minimum atomic E-state index is -0.530. The Hall–Kier alpha value is -3.20. The van der Waals surface area contributed by atoms with Gasteiger partial charge in [0.05, 0.1) is 28.0 Å². The van der Waals surface area contributed by atoms with E-state index in [1.54, 1.807) is 35.2 Å². The van der Waals surface area contributed by atoms with Gasteiger partial charge in [-0.25, -0.2) is 0 Å². The van der Waals surface area contributed by atoms with Crippen LogP contribution in [0.3, 0.4) is 0 Å². The topological polar surface area (TPSA) is 87.2 Å². The lowest BCUT2D eigenvalue weighted by Gasteiger charge is -2.25. The van der Waals surface area contributed by atoms with E-state index in [2.05, 4.69) is 18.2 Å². The van der Waals surface area contributed by atoms with Gasteiger partial charge in [-0.15, -0.1) is 0 Å². The monoisotopic (exact) mass is 345 g/mol. The number of carbonyl (C=O) groups excluding carboxylic acids is 1. The second-order valence-electron chi connectivity index (χ2n) is 7.24. The van der Waals surface area contributed by atoms with Gasteiger partial charge in [0.15, 0.2) is 0 Å². The molecule has 2 aliphatic carbocycles. The van der Waals surface area contributed by atoms with Gasteiger partial charge in [0.25, 0.3) is 5.69 Å². The van der Waals surface area contributed by atoms with Gasteiger partial charge in [-0.1, -0.05) is 30.4 Å². The predicted octanol–water partition coefficient (Wildman–Crippen LogP) is 3.43. The van der Waals surface area contributed by atoms with E-state index in [1.807, 2.05) is 0 Å². The number of hydrogen-bond donors (Lipinski definition) is 0. The van der Waals surface area contributed by atoms with Crippen molar-refractivity contribution < 1.29 is 9.72 Å². The number of nitro groups is 1. The van der Waals surface area contributed by atoms with Gasteiger partial charge >= 0.3 is 0 Å². The number of allylic oxidation sites excluding steroid dienone is 2. The Kier molecular flexibility index (Phi) is 2.99. The molecule has 0 spiro atoms. The first-order chi connectivity index (χ1) is 12.6. The van der Waals surface area contributed by atoms with E-state index in [-0.39, 0.29) is 35.3 Å². The molecule has 0 aromatic heterocycles. The first-order valence-electron chi connectivity index (χ1n) is 8.69. The second kappa shape index (κ2) is 5.15. The molecule has 6 nitrogen and oxygen atoms in total. The highest BCUT2D eigenvalue weighted by molar-refractivity contribution is 6.09. The lowest BCUT2D eigenvalue weighted by molar-refractivity contribution is -0.383. The van der Waals surface area contributed by atoms with Crippen LogP contribution in [0.25, 0.3) is 10.8 Å². The number of nitro benzene ring substituents is 1. The molecule has 1 heterocycles. The number of benzene rings is 2. The number of nitrogens with zero attached hydrogens (tertiary/aromatic N) is 3. The summed E-state index contributed by atoms with van der Waals surface area (Å²) >= 11 is 0. The summed E-state index contributed by atoms with van der Waals surface area (Å²) in [5.41, 5.74) is 0.600. The molecule has 128 valence electrons. The zero-order valence-corrected chi connectivity index (χ0v) is 13.8. The molecule has 2 aromatic carbocycles. The highest BCUT2D eigenvalue weighted by Crippen LogP contribution is 2.55. The van der Waals surface area contributed by atoms with E-state index < -0.39 is 11.0 Å². The standard InChI is InChI=1S/C20H15N3O3/c21-10-17-18-11-5-6-12(9-11)19(18)20(24)22(17)15-7-8-16(23(25)26)14-4-2-1-3-13(14)15/h1-8,11-12,17-19H,9H2/t11-,12+,17+,18+,19+/m1/s1. The van der Waals surface area contributed by atoms with Crippen molar-refractivity contribution in [2.75, 3.05) is 4.90 Å². The molecule has 3 aliphatic rings. The third-order valence-electron chi connectivity index (χ3n) is 6.15. The number of hydrogen-bond acceptors (Lipinski definition) is 4. The van der Waals surface area contributed by atoms with Crippen LogP contribution in [0.5, 0.6) is 0 Å². The van der Waals surface area contributed by atoms with E-state index in [0.29, 0.717) is 16.5 Å². The number of amides is 1. The van der Waals surface area contributed by atoms with E-state index >= 15 is 0 Å². The quantitative estimate of drug-likeness (QED) is 0.474. The van der Waals surface area contributed by atoms with Crippen LogP contribution in [-0.2, 0) is 4.79 Å². The molecular formula is C20H15N3O3. The molecule has 0 radical (unpaired) electrons. The molecule has 5 rings (SSSR count). The maximum absolute atomic E-state index is 13.2. The van der Waals surface area contributed by atoms with Crippen molar-refractivity contribution >= 4 is 28.1 Å². The Morgan fingerprint density at radius 1 is 1.12 bits per heavy atom. The van der Waals surface area contributed by atoms with Gasteiger partial charge < -0.3 is 0 Å². The van der Waals surface area contributed by atoms with Crippen molar-refractivity contribution in [1.29, 1.82) is 5.26 Å². The molecule has 2 aromatic rings. The van der Waals surface area contributed by atoms with Gasteiger partial charge in [-0.05, 0) is 30.4 Å². The molecule has 1 saturated heterocycles. The fourth-order valence-corrected chi connectivity index (χ4v) is 5.16. The summed E-state index contributed by atoms with van der Waals surface area (Å²) in [5, 5.41) is 22.3. The molecule has 26 heavy (non-hydrogen) atoms. The first kappa shape index (κ1) is 15.1. The summed E-state index contributed by atoms with van der Waals surface area (Å²) in [6.07, 6.45) is 5.20. The average Bonchev–Trinajstić information content (AvgIpc) is 3.33. The molecule has 2 fully saturated rings. The zero-order valence-electron chi connectivity index (χ0n) is 13.8. The molecule has 1 amide bonds. The van der Waals surface area contributed by atoms with Crippen molar-refractivity contribution in [3.63, 3.8) is 0 Å². The highest BCUT2D eigenvalue weighted by Gasteiger charge is 2.59. The second-order valence-corrected chi connectivity index (χ2v) is 7.24. The Morgan fingerprint density at radius 3 is 2.58 bits per heavy atom. The van der Waals surface area contributed by atoms with E-state index in [0.717, 1.165) is 6.42 Å². The summed E-state index contributed by atoms with van der Waals surface area (Å²) in [6.45, 7) is 0. The molecule has 0 unspecified atom stereocenters. The Labute approximate surface area is 149 Å². The summed E-state index contributed by atoms with van der Waals surface area (Å²) in [7, 11) is 0. The van der Waals surface area contributed by atoms with Gasteiger partial charge in [0.2, 0.25) is 5.91 Å². The number of non-ortho nitro benzene ring substituents is 1. The molecular weight excluding hydrogens is 330 g/mol. The van der Waals surface area contributed by atoms with Crippen LogP contribution < -0.4 is 4.90 Å². The SMILES string of the molecule is N#C[C@H]1[C@H]2[C@@H](C(=O)N1c1ccc([N+](=O)[O-])c3ccccc13)[C@H]1C=C[C@@H]2C1. The number of anilines is 1. The van der Waals surface area contributed by atoms with Crippen LogP contribution in [0.2, 0.25) is 0 Å². The third kappa shape index (κ3) is 1.77. The van der Waals surface area contributed by atoms with Gasteiger partial charge in [-0.3, -0.25) is 19.8 Å². The van der Waals surface area contributed by atoms with E-state index in [1.165, 1.54) is 6.07 Å². The zero-order chi connectivity index (χ0) is 18.0. The van der Waals surface area contributed by atoms with Crippen LogP contribution in [0.15, 0.2) is 48.6 Å². The Morgan fingerprint density at radius 2 is 1.85 bits per heavy atom. The third-order valence-corrected chi connectivity index (χ3v) is 6.15. The summed E-state index contributed by atoms with van der Waals surface area (Å²) < 4.78 is 0. The van der Waals surface area contributed by atoms with Crippen LogP contribution in [0, 0.1) is 45.1 Å². The van der Waals surface area contributed by atoms with Gasteiger partial charge in [0, 0.05) is 17.4 Å². The highest BCUT2D eigenvalue weighted by atomic mass is 16.6.